The van der Waals surface area contributed by atoms with Crippen LogP contribution in [0.3, 0.4) is 0 Å². The van der Waals surface area contributed by atoms with Crippen LogP contribution in [-0.4, -0.2) is 40.7 Å². The van der Waals surface area contributed by atoms with Crippen LogP contribution in [0.1, 0.15) is 20.3 Å². The van der Waals surface area contributed by atoms with Crippen LogP contribution in [-0.2, 0) is 6.54 Å². The molecule has 1 aromatic heterocycles. The molecule has 0 saturated heterocycles. The van der Waals surface area contributed by atoms with E-state index in [1.54, 1.807) is 6.07 Å². The van der Waals surface area contributed by atoms with Gasteiger partial charge in [0.05, 0.1) is 5.52 Å². The summed E-state index contributed by atoms with van der Waals surface area (Å²) >= 11 is 0. The smallest absolute Gasteiger partial charge is 0.377 e. The average Bonchev–Trinajstić information content (AvgIpc) is 3.14. The Morgan fingerprint density at radius 1 is 0.909 bits per heavy atom. The van der Waals surface area contributed by atoms with Gasteiger partial charge in [-0.3, -0.25) is 0 Å². The number of aliphatic hydroxyl groups is 1. The van der Waals surface area contributed by atoms with E-state index in [-0.39, 0.29) is 5.75 Å². The normalized spacial score (nSPS) is 13.2. The van der Waals surface area contributed by atoms with Crippen LogP contribution in [0.5, 0.6) is 5.75 Å². The van der Waals surface area contributed by atoms with Crippen LogP contribution in [0.2, 0.25) is 0 Å². The Morgan fingerprint density at radius 3 is 2.18 bits per heavy atom. The van der Waals surface area contributed by atoms with Gasteiger partial charge in [-0.2, -0.15) is 26.3 Å². The first-order valence-corrected chi connectivity index (χ1v) is 10.5. The molecule has 1 N–H and O–H groups in total. The molecule has 33 heavy (non-hydrogen) atoms. The third-order valence-corrected chi connectivity index (χ3v) is 5.41. The number of halogens is 6. The van der Waals surface area contributed by atoms with Crippen LogP contribution in [0.25, 0.3) is 22.2 Å². The summed E-state index contributed by atoms with van der Waals surface area (Å²) in [5, 5.41) is 9.19. The third-order valence-electron chi connectivity index (χ3n) is 5.41. The van der Waals surface area contributed by atoms with Gasteiger partial charge in [0.1, 0.15) is 12.4 Å². The van der Waals surface area contributed by atoms with Gasteiger partial charge in [-0.15, -0.1) is 0 Å². The summed E-state index contributed by atoms with van der Waals surface area (Å²) < 4.78 is 88.3. The fraction of sp³-hybridized carbons (Fsp3) is 0.417. The second-order valence-corrected chi connectivity index (χ2v) is 8.38. The van der Waals surface area contributed by atoms with Gasteiger partial charge in [0.2, 0.25) is 0 Å². The van der Waals surface area contributed by atoms with Crippen molar-refractivity contribution in [1.82, 2.24) is 4.57 Å². The quantitative estimate of drug-likeness (QED) is 0.336. The molecule has 3 nitrogen and oxygen atoms in total. The predicted molar refractivity (Wildman–Crippen MR) is 114 cm³/mol. The van der Waals surface area contributed by atoms with E-state index in [4.69, 9.17) is 9.84 Å². The standard InChI is InChI=1S/C24H25F6NO2/c1-16(2)10-11-31-20(17-6-4-3-5-7-17)12-18-8-9-19(13-21(18)31)33-15-23(27,28)24(29,30)22(25,26)14-32/h3-9,12-13,16,32H,10-11,14-15H2,1-2H3. The molecular formula is C24H25F6NO2. The SMILES string of the molecule is CC(C)CCn1c(-c2ccccc2)cc2ccc(OCC(F)(F)C(F)(F)C(F)(F)CO)cc21. The maximum Gasteiger partial charge on any atom is 0.377 e. The Balaban J connectivity index is 1.93. The van der Waals surface area contributed by atoms with Crippen LogP contribution in [0, 0.1) is 5.92 Å². The molecule has 0 aliphatic rings. The monoisotopic (exact) mass is 473 g/mol. The van der Waals surface area contributed by atoms with E-state index < -0.39 is 31.0 Å². The molecule has 3 aromatic rings. The number of fused-ring (bicyclic) bond motifs is 1. The number of rotatable bonds is 10. The summed E-state index contributed by atoms with van der Waals surface area (Å²) in [5.74, 6) is -16.0. The topological polar surface area (TPSA) is 34.4 Å². The summed E-state index contributed by atoms with van der Waals surface area (Å²) in [7, 11) is 0. The second-order valence-electron chi connectivity index (χ2n) is 8.38. The molecule has 0 bridgehead atoms. The molecule has 0 amide bonds. The zero-order valence-electron chi connectivity index (χ0n) is 18.2. The van der Waals surface area contributed by atoms with E-state index >= 15 is 0 Å². The summed E-state index contributed by atoms with van der Waals surface area (Å²) in [5.41, 5.74) is 2.47. The molecule has 0 saturated carbocycles. The van der Waals surface area contributed by atoms with Gasteiger partial charge >= 0.3 is 17.8 Å². The number of benzene rings is 2. The Morgan fingerprint density at radius 2 is 1.58 bits per heavy atom. The average molecular weight is 473 g/mol. The van der Waals surface area contributed by atoms with Crippen molar-refractivity contribution < 1.29 is 36.2 Å². The minimum atomic E-state index is -5.78. The van der Waals surface area contributed by atoms with Crippen molar-refractivity contribution in [2.24, 2.45) is 5.92 Å². The molecule has 0 fully saturated rings. The number of alkyl halides is 6. The zero-order valence-corrected chi connectivity index (χ0v) is 18.2. The highest BCUT2D eigenvalue weighted by Crippen LogP contribution is 2.45. The van der Waals surface area contributed by atoms with Crippen molar-refractivity contribution >= 4 is 10.9 Å². The van der Waals surface area contributed by atoms with Gasteiger partial charge in [-0.05, 0) is 36.1 Å². The Kier molecular flexibility index (Phi) is 7.02. The number of nitrogens with zero attached hydrogens (tertiary/aromatic N) is 1. The van der Waals surface area contributed by atoms with Crippen molar-refractivity contribution in [3.8, 4) is 17.0 Å². The minimum Gasteiger partial charge on any atom is -0.487 e. The van der Waals surface area contributed by atoms with Gasteiger partial charge in [-0.1, -0.05) is 44.2 Å². The van der Waals surface area contributed by atoms with E-state index in [0.29, 0.717) is 18.0 Å². The minimum absolute atomic E-state index is 0.159. The van der Waals surface area contributed by atoms with Crippen molar-refractivity contribution in [2.45, 2.75) is 44.6 Å². The van der Waals surface area contributed by atoms with Gasteiger partial charge < -0.3 is 14.4 Å². The van der Waals surface area contributed by atoms with E-state index in [2.05, 4.69) is 13.8 Å². The molecule has 0 radical (unpaired) electrons. The molecule has 180 valence electrons. The number of aromatic nitrogens is 1. The number of hydrogen-bond donors (Lipinski definition) is 1. The lowest BCUT2D eigenvalue weighted by atomic mass is 10.1. The first kappa shape index (κ1) is 25.0. The fourth-order valence-electron chi connectivity index (χ4n) is 3.43. The lowest BCUT2D eigenvalue weighted by Gasteiger charge is -2.31. The lowest BCUT2D eigenvalue weighted by molar-refractivity contribution is -0.321. The third kappa shape index (κ3) is 4.98. The molecule has 0 atom stereocenters. The predicted octanol–water partition coefficient (Wildman–Crippen LogP) is 6.63. The second kappa shape index (κ2) is 9.29. The van der Waals surface area contributed by atoms with Crippen LogP contribution >= 0.6 is 0 Å². The molecule has 0 spiro atoms. The van der Waals surface area contributed by atoms with E-state index in [1.165, 1.54) is 12.1 Å². The van der Waals surface area contributed by atoms with Gasteiger partial charge in [0, 0.05) is 23.7 Å². The molecule has 1 heterocycles. The Labute approximate surface area is 187 Å². The molecule has 9 heteroatoms. The van der Waals surface area contributed by atoms with Crippen LogP contribution in [0.15, 0.2) is 54.6 Å². The van der Waals surface area contributed by atoms with Crippen LogP contribution < -0.4 is 4.74 Å². The Bertz CT molecular complexity index is 1080. The van der Waals surface area contributed by atoms with E-state index in [9.17, 15) is 26.3 Å². The largest absolute Gasteiger partial charge is 0.487 e. The molecule has 3 rings (SSSR count). The number of aliphatic hydroxyl groups excluding tert-OH is 1. The van der Waals surface area contributed by atoms with Crippen molar-refractivity contribution in [2.75, 3.05) is 13.2 Å². The van der Waals surface area contributed by atoms with Crippen molar-refractivity contribution in [3.05, 3.63) is 54.6 Å². The van der Waals surface area contributed by atoms with Gasteiger partial charge in [0.25, 0.3) is 0 Å². The van der Waals surface area contributed by atoms with E-state index in [1.807, 2.05) is 41.0 Å². The highest BCUT2D eigenvalue weighted by atomic mass is 19.3. The molecule has 0 aliphatic carbocycles. The molecule has 2 aromatic carbocycles. The first-order valence-electron chi connectivity index (χ1n) is 10.5. The van der Waals surface area contributed by atoms with Crippen LogP contribution in [0.4, 0.5) is 26.3 Å². The maximum atomic E-state index is 13.9. The summed E-state index contributed by atoms with van der Waals surface area (Å²) in [6.07, 6.45) is 0.829. The molecular weight excluding hydrogens is 448 g/mol. The lowest BCUT2D eigenvalue weighted by Crippen LogP contribution is -2.58. The van der Waals surface area contributed by atoms with Crippen molar-refractivity contribution in [1.29, 1.82) is 0 Å². The fourth-order valence-corrected chi connectivity index (χ4v) is 3.43. The number of aryl methyl sites for hydroxylation is 1. The highest BCUT2D eigenvalue weighted by molar-refractivity contribution is 5.88. The van der Waals surface area contributed by atoms with E-state index in [0.717, 1.165) is 23.1 Å². The molecule has 0 unspecified atom stereocenters. The maximum absolute atomic E-state index is 13.9. The molecule has 0 aliphatic heterocycles. The highest BCUT2D eigenvalue weighted by Gasteiger charge is 2.71. The van der Waals surface area contributed by atoms with Gasteiger partial charge in [-0.25, -0.2) is 0 Å². The zero-order chi connectivity index (χ0) is 24.4. The van der Waals surface area contributed by atoms with Crippen molar-refractivity contribution in [3.63, 3.8) is 0 Å². The first-order chi connectivity index (χ1) is 15.4. The number of hydrogen-bond acceptors (Lipinski definition) is 2. The Hall–Kier alpha value is -2.68. The number of ether oxygens (including phenoxy) is 1. The summed E-state index contributed by atoms with van der Waals surface area (Å²) in [6.45, 7) is 0.359. The van der Waals surface area contributed by atoms with Gasteiger partial charge in [0.15, 0.2) is 6.61 Å². The summed E-state index contributed by atoms with van der Waals surface area (Å²) in [6, 6.07) is 15.8. The summed E-state index contributed by atoms with van der Waals surface area (Å²) in [4.78, 5) is 0.